The standard InChI is InChI=1S/C14H16FNO3/c1-3-19-14(17)7-10(9-4-5-9)11-6-13(18-2)16-8-12(11)15/h6-9H,3-5H2,1-2H3/b10-7-. The molecular weight excluding hydrogens is 249 g/mol. The lowest BCUT2D eigenvalue weighted by Crippen LogP contribution is -2.03. The molecule has 102 valence electrons. The van der Waals surface area contributed by atoms with Crippen molar-refractivity contribution in [1.82, 2.24) is 4.98 Å². The number of carbonyl (C=O) groups excluding carboxylic acids is 1. The molecule has 0 atom stereocenters. The first kappa shape index (κ1) is 13.5. The molecule has 19 heavy (non-hydrogen) atoms. The molecule has 1 aromatic rings. The van der Waals surface area contributed by atoms with Crippen molar-refractivity contribution in [2.45, 2.75) is 19.8 Å². The number of halogens is 1. The van der Waals surface area contributed by atoms with Crippen LogP contribution in [0.25, 0.3) is 5.57 Å². The maximum atomic E-state index is 13.9. The fourth-order valence-electron chi connectivity index (χ4n) is 1.87. The van der Waals surface area contributed by atoms with Crippen LogP contribution in [0.5, 0.6) is 5.88 Å². The maximum absolute atomic E-state index is 13.9. The number of hydrogen-bond donors (Lipinski definition) is 0. The minimum atomic E-state index is -0.455. The van der Waals surface area contributed by atoms with Crippen LogP contribution in [0.2, 0.25) is 0 Å². The van der Waals surface area contributed by atoms with E-state index in [0.29, 0.717) is 23.6 Å². The van der Waals surface area contributed by atoms with Gasteiger partial charge in [-0.15, -0.1) is 0 Å². The average molecular weight is 265 g/mol. The molecule has 0 aliphatic heterocycles. The third kappa shape index (κ3) is 3.30. The second-order valence-electron chi connectivity index (χ2n) is 4.33. The van der Waals surface area contributed by atoms with E-state index in [1.54, 1.807) is 6.92 Å². The molecule has 0 aromatic carbocycles. The molecule has 0 amide bonds. The van der Waals surface area contributed by atoms with Gasteiger partial charge in [0.15, 0.2) is 0 Å². The topological polar surface area (TPSA) is 48.4 Å². The summed E-state index contributed by atoms with van der Waals surface area (Å²) in [4.78, 5) is 15.4. The van der Waals surface area contributed by atoms with E-state index in [2.05, 4.69) is 4.98 Å². The number of pyridine rings is 1. The second-order valence-corrected chi connectivity index (χ2v) is 4.33. The normalized spacial score (nSPS) is 15.2. The van der Waals surface area contributed by atoms with Gasteiger partial charge in [-0.1, -0.05) is 0 Å². The van der Waals surface area contributed by atoms with Crippen LogP contribution in [0.4, 0.5) is 4.39 Å². The summed E-state index contributed by atoms with van der Waals surface area (Å²) in [5.41, 5.74) is 1.03. The Balaban J connectivity index is 2.36. The highest BCUT2D eigenvalue weighted by atomic mass is 19.1. The van der Waals surface area contributed by atoms with Crippen molar-refractivity contribution in [3.63, 3.8) is 0 Å². The Morgan fingerprint density at radius 2 is 2.32 bits per heavy atom. The van der Waals surface area contributed by atoms with Crippen LogP contribution in [-0.4, -0.2) is 24.7 Å². The summed E-state index contributed by atoms with van der Waals surface area (Å²) in [6, 6.07) is 1.51. The number of rotatable bonds is 5. The molecule has 1 aromatic heterocycles. The van der Waals surface area contributed by atoms with Gasteiger partial charge >= 0.3 is 5.97 Å². The number of nitrogens with zero attached hydrogens (tertiary/aromatic N) is 1. The Morgan fingerprint density at radius 3 is 2.89 bits per heavy atom. The summed E-state index contributed by atoms with van der Waals surface area (Å²) in [5.74, 6) is -0.361. The molecule has 1 heterocycles. The number of aromatic nitrogens is 1. The fourth-order valence-corrected chi connectivity index (χ4v) is 1.87. The molecule has 1 aliphatic rings. The zero-order valence-corrected chi connectivity index (χ0v) is 11.0. The molecule has 0 N–H and O–H groups in total. The molecule has 0 spiro atoms. The van der Waals surface area contributed by atoms with Crippen LogP contribution >= 0.6 is 0 Å². The minimum absolute atomic E-state index is 0.214. The molecule has 1 fully saturated rings. The lowest BCUT2D eigenvalue weighted by molar-refractivity contribution is -0.137. The summed E-state index contributed by atoms with van der Waals surface area (Å²) < 4.78 is 23.7. The van der Waals surface area contributed by atoms with Crippen molar-refractivity contribution in [3.05, 3.63) is 29.7 Å². The molecule has 0 bridgehead atoms. The quantitative estimate of drug-likeness (QED) is 0.606. The molecule has 2 rings (SSSR count). The van der Waals surface area contributed by atoms with Crippen LogP contribution in [0, 0.1) is 11.7 Å². The van der Waals surface area contributed by atoms with Crippen LogP contribution in [0.15, 0.2) is 18.3 Å². The molecule has 5 heteroatoms. The highest BCUT2D eigenvalue weighted by molar-refractivity contribution is 5.92. The predicted molar refractivity (Wildman–Crippen MR) is 68.1 cm³/mol. The fraction of sp³-hybridized carbons (Fsp3) is 0.429. The summed E-state index contributed by atoms with van der Waals surface area (Å²) in [5, 5.41) is 0. The van der Waals surface area contributed by atoms with Gasteiger partial charge in [0.1, 0.15) is 5.82 Å². The summed E-state index contributed by atoms with van der Waals surface area (Å²) in [7, 11) is 1.47. The number of hydrogen-bond acceptors (Lipinski definition) is 4. The highest BCUT2D eigenvalue weighted by Gasteiger charge is 2.29. The van der Waals surface area contributed by atoms with Gasteiger partial charge in [0, 0.05) is 17.7 Å². The Kier molecular flexibility index (Phi) is 4.14. The van der Waals surface area contributed by atoms with Gasteiger partial charge in [0.25, 0.3) is 0 Å². The molecule has 0 saturated heterocycles. The van der Waals surface area contributed by atoms with Gasteiger partial charge in [0.2, 0.25) is 5.88 Å². The maximum Gasteiger partial charge on any atom is 0.331 e. The Labute approximate surface area is 111 Å². The zero-order chi connectivity index (χ0) is 13.8. The molecule has 1 aliphatic carbocycles. The summed E-state index contributed by atoms with van der Waals surface area (Å²) >= 11 is 0. The average Bonchev–Trinajstić information content (AvgIpc) is 3.21. The van der Waals surface area contributed by atoms with Crippen molar-refractivity contribution < 1.29 is 18.7 Å². The number of allylic oxidation sites excluding steroid dienone is 1. The molecular formula is C14H16FNO3. The van der Waals surface area contributed by atoms with E-state index in [9.17, 15) is 9.18 Å². The van der Waals surface area contributed by atoms with E-state index in [1.807, 2.05) is 0 Å². The Bertz CT molecular complexity index is 509. The highest BCUT2D eigenvalue weighted by Crippen LogP contribution is 2.43. The molecule has 4 nitrogen and oxygen atoms in total. The van der Waals surface area contributed by atoms with Gasteiger partial charge in [-0.3, -0.25) is 0 Å². The lowest BCUT2D eigenvalue weighted by Gasteiger charge is -2.09. The van der Waals surface area contributed by atoms with Crippen molar-refractivity contribution in [1.29, 1.82) is 0 Å². The van der Waals surface area contributed by atoms with E-state index in [0.717, 1.165) is 19.0 Å². The van der Waals surface area contributed by atoms with Gasteiger partial charge < -0.3 is 9.47 Å². The predicted octanol–water partition coefficient (Wildman–Crippen LogP) is 2.59. The van der Waals surface area contributed by atoms with E-state index in [-0.39, 0.29) is 5.92 Å². The molecule has 0 unspecified atom stereocenters. The van der Waals surface area contributed by atoms with Crippen LogP contribution < -0.4 is 4.74 Å². The monoisotopic (exact) mass is 265 g/mol. The first-order valence-electron chi connectivity index (χ1n) is 6.24. The number of methoxy groups -OCH3 is 1. The summed E-state index contributed by atoms with van der Waals surface area (Å²) in [6.45, 7) is 2.04. The Morgan fingerprint density at radius 1 is 1.58 bits per heavy atom. The van der Waals surface area contributed by atoms with E-state index >= 15 is 0 Å². The third-order valence-electron chi connectivity index (χ3n) is 2.93. The lowest BCUT2D eigenvalue weighted by atomic mass is 10.0. The zero-order valence-electron chi connectivity index (χ0n) is 11.0. The van der Waals surface area contributed by atoms with E-state index < -0.39 is 11.8 Å². The van der Waals surface area contributed by atoms with Crippen molar-refractivity contribution in [2.24, 2.45) is 5.92 Å². The smallest absolute Gasteiger partial charge is 0.331 e. The SMILES string of the molecule is CCOC(=O)/C=C(\c1cc(OC)ncc1F)C1CC1. The van der Waals surface area contributed by atoms with Crippen molar-refractivity contribution in [3.8, 4) is 5.88 Å². The van der Waals surface area contributed by atoms with Crippen LogP contribution in [0.3, 0.4) is 0 Å². The van der Waals surface area contributed by atoms with E-state index in [1.165, 1.54) is 19.3 Å². The summed E-state index contributed by atoms with van der Waals surface area (Å²) in [6.07, 6.45) is 4.39. The van der Waals surface area contributed by atoms with E-state index in [4.69, 9.17) is 9.47 Å². The largest absolute Gasteiger partial charge is 0.481 e. The van der Waals surface area contributed by atoms with Gasteiger partial charge in [-0.05, 0) is 31.3 Å². The third-order valence-corrected chi connectivity index (χ3v) is 2.93. The number of ether oxygens (including phenoxy) is 2. The first-order valence-corrected chi connectivity index (χ1v) is 6.24. The second kappa shape index (κ2) is 5.82. The Hall–Kier alpha value is -1.91. The minimum Gasteiger partial charge on any atom is -0.481 e. The van der Waals surface area contributed by atoms with Crippen molar-refractivity contribution >= 4 is 11.5 Å². The van der Waals surface area contributed by atoms with Gasteiger partial charge in [-0.2, -0.15) is 0 Å². The van der Waals surface area contributed by atoms with Gasteiger partial charge in [-0.25, -0.2) is 14.2 Å². The van der Waals surface area contributed by atoms with Gasteiger partial charge in [0.05, 0.1) is 19.9 Å². The molecule has 1 saturated carbocycles. The number of carbonyl (C=O) groups is 1. The number of esters is 1. The van der Waals surface area contributed by atoms with Crippen LogP contribution in [-0.2, 0) is 9.53 Å². The first-order chi connectivity index (χ1) is 9.15. The molecule has 0 radical (unpaired) electrons. The van der Waals surface area contributed by atoms with Crippen molar-refractivity contribution in [2.75, 3.05) is 13.7 Å². The van der Waals surface area contributed by atoms with Crippen LogP contribution in [0.1, 0.15) is 25.3 Å².